The Labute approximate surface area is 122 Å². The van der Waals surface area contributed by atoms with E-state index in [0.717, 1.165) is 24.8 Å². The average molecular weight is 295 g/mol. The van der Waals surface area contributed by atoms with Gasteiger partial charge in [0.2, 0.25) is 0 Å². The lowest BCUT2D eigenvalue weighted by atomic mass is 9.98. The van der Waals surface area contributed by atoms with Crippen LogP contribution in [0.25, 0.3) is 0 Å². The smallest absolute Gasteiger partial charge is 0.178 e. The van der Waals surface area contributed by atoms with E-state index in [2.05, 4.69) is 6.92 Å². The van der Waals surface area contributed by atoms with Gasteiger partial charge in [0.15, 0.2) is 9.84 Å². The summed E-state index contributed by atoms with van der Waals surface area (Å²) >= 11 is 0. The van der Waals surface area contributed by atoms with Crippen molar-refractivity contribution in [2.45, 2.75) is 49.8 Å². The maximum atomic E-state index is 12.5. The predicted octanol–water partition coefficient (Wildman–Crippen LogP) is 3.10. The lowest BCUT2D eigenvalue weighted by Crippen LogP contribution is -2.14. The number of nitrogens with two attached hydrogens (primary N) is 1. The molecule has 1 aliphatic rings. The zero-order valence-corrected chi connectivity index (χ0v) is 13.0. The molecule has 0 aliphatic heterocycles. The van der Waals surface area contributed by atoms with E-state index in [0.29, 0.717) is 29.0 Å². The molecule has 1 saturated carbocycles. The van der Waals surface area contributed by atoms with Crippen molar-refractivity contribution in [2.75, 3.05) is 12.3 Å². The van der Waals surface area contributed by atoms with E-state index in [-0.39, 0.29) is 0 Å². The summed E-state index contributed by atoms with van der Waals surface area (Å²) in [7, 11) is -3.15. The van der Waals surface area contributed by atoms with Crippen LogP contribution in [0.3, 0.4) is 0 Å². The van der Waals surface area contributed by atoms with Crippen LogP contribution in [-0.2, 0) is 9.84 Å². The first-order chi connectivity index (χ1) is 9.53. The predicted molar refractivity (Wildman–Crippen MR) is 82.5 cm³/mol. The maximum Gasteiger partial charge on any atom is 0.178 e. The summed E-state index contributed by atoms with van der Waals surface area (Å²) in [6, 6.07) is 7.41. The molecule has 0 amide bonds. The molecule has 1 atom stereocenters. The molecule has 2 rings (SSSR count). The quantitative estimate of drug-likeness (QED) is 0.877. The number of benzene rings is 1. The molecule has 0 heterocycles. The molecule has 0 saturated heterocycles. The van der Waals surface area contributed by atoms with E-state index in [9.17, 15) is 8.42 Å². The maximum absolute atomic E-state index is 12.5. The van der Waals surface area contributed by atoms with Gasteiger partial charge in [-0.15, -0.1) is 0 Å². The Bertz CT molecular complexity index is 533. The molecule has 0 bridgehead atoms. The largest absolute Gasteiger partial charge is 0.330 e. The second-order valence-corrected chi connectivity index (χ2v) is 8.02. The molecule has 3 nitrogen and oxygen atoms in total. The number of hydrogen-bond acceptors (Lipinski definition) is 3. The molecule has 1 unspecified atom stereocenters. The molecule has 20 heavy (non-hydrogen) atoms. The summed E-state index contributed by atoms with van der Waals surface area (Å²) in [6.07, 6.45) is 5.35. The molecule has 4 heteroatoms. The lowest BCUT2D eigenvalue weighted by Gasteiger charge is -2.14. The summed E-state index contributed by atoms with van der Waals surface area (Å²) in [5.74, 6) is 0.966. The van der Waals surface area contributed by atoms with Crippen LogP contribution in [0.5, 0.6) is 0 Å². The van der Waals surface area contributed by atoms with Gasteiger partial charge >= 0.3 is 0 Å². The van der Waals surface area contributed by atoms with Crippen LogP contribution >= 0.6 is 0 Å². The summed E-state index contributed by atoms with van der Waals surface area (Å²) in [5.41, 5.74) is 6.65. The minimum absolute atomic E-state index is 0.307. The van der Waals surface area contributed by atoms with Crippen LogP contribution in [0.2, 0.25) is 0 Å². The van der Waals surface area contributed by atoms with Gasteiger partial charge in [0.05, 0.1) is 10.6 Å². The molecular weight excluding hydrogens is 270 g/mol. The van der Waals surface area contributed by atoms with E-state index in [4.69, 9.17) is 5.73 Å². The van der Waals surface area contributed by atoms with Gasteiger partial charge in [-0.2, -0.15) is 0 Å². The molecule has 1 aromatic rings. The normalized spacial score (nSPS) is 18.3. The van der Waals surface area contributed by atoms with Gasteiger partial charge in [-0.1, -0.05) is 31.9 Å². The Morgan fingerprint density at radius 2 is 2.00 bits per heavy atom. The Hall–Kier alpha value is -0.870. The highest BCUT2D eigenvalue weighted by atomic mass is 32.2. The summed E-state index contributed by atoms with van der Waals surface area (Å²) in [5, 5.41) is 0. The number of hydrogen-bond donors (Lipinski definition) is 1. The van der Waals surface area contributed by atoms with E-state index in [1.54, 1.807) is 6.07 Å². The van der Waals surface area contributed by atoms with E-state index < -0.39 is 9.84 Å². The van der Waals surface area contributed by atoms with Crippen molar-refractivity contribution in [2.24, 2.45) is 11.7 Å². The van der Waals surface area contributed by atoms with Crippen molar-refractivity contribution in [1.29, 1.82) is 0 Å². The second kappa shape index (κ2) is 6.72. The first-order valence-corrected chi connectivity index (χ1v) is 9.21. The minimum atomic E-state index is -3.15. The van der Waals surface area contributed by atoms with E-state index in [1.807, 2.05) is 18.2 Å². The Morgan fingerprint density at radius 3 is 2.65 bits per heavy atom. The van der Waals surface area contributed by atoms with Gasteiger partial charge in [-0.3, -0.25) is 0 Å². The summed E-state index contributed by atoms with van der Waals surface area (Å²) < 4.78 is 25.0. The fourth-order valence-corrected chi connectivity index (χ4v) is 4.76. The third-order valence-electron chi connectivity index (χ3n) is 4.32. The van der Waals surface area contributed by atoms with Crippen molar-refractivity contribution >= 4 is 9.84 Å². The summed E-state index contributed by atoms with van der Waals surface area (Å²) in [6.45, 7) is 2.72. The van der Waals surface area contributed by atoms with Crippen LogP contribution in [0.4, 0.5) is 0 Å². The van der Waals surface area contributed by atoms with E-state index in [1.165, 1.54) is 12.8 Å². The van der Waals surface area contributed by atoms with Gasteiger partial charge < -0.3 is 5.73 Å². The highest BCUT2D eigenvalue weighted by Crippen LogP contribution is 2.29. The zero-order chi connectivity index (χ0) is 14.6. The molecule has 1 aromatic carbocycles. The molecule has 1 aliphatic carbocycles. The summed E-state index contributed by atoms with van der Waals surface area (Å²) in [4.78, 5) is 0.478. The first kappa shape index (κ1) is 15.5. The highest BCUT2D eigenvalue weighted by molar-refractivity contribution is 7.91. The Kier molecular flexibility index (Phi) is 5.22. The van der Waals surface area contributed by atoms with Gasteiger partial charge in [-0.05, 0) is 55.3 Å². The van der Waals surface area contributed by atoms with Crippen molar-refractivity contribution in [3.05, 3.63) is 29.8 Å². The van der Waals surface area contributed by atoms with Crippen LogP contribution in [0.1, 0.15) is 50.5 Å². The topological polar surface area (TPSA) is 60.2 Å². The molecule has 0 aromatic heterocycles. The second-order valence-electron chi connectivity index (χ2n) is 5.98. The van der Waals surface area contributed by atoms with Crippen LogP contribution in [-0.4, -0.2) is 20.7 Å². The number of rotatable bonds is 6. The molecule has 2 N–H and O–H groups in total. The third kappa shape index (κ3) is 3.83. The van der Waals surface area contributed by atoms with Crippen LogP contribution in [0, 0.1) is 5.92 Å². The SMILES string of the molecule is CC(CCN)c1cccc(S(=O)(=O)CC2CCCC2)c1. The fourth-order valence-electron chi connectivity index (χ4n) is 3.01. The molecule has 0 radical (unpaired) electrons. The average Bonchev–Trinajstić information content (AvgIpc) is 2.91. The molecule has 0 spiro atoms. The number of sulfone groups is 1. The van der Waals surface area contributed by atoms with Crippen molar-refractivity contribution in [1.82, 2.24) is 0 Å². The van der Waals surface area contributed by atoms with Crippen molar-refractivity contribution < 1.29 is 8.42 Å². The van der Waals surface area contributed by atoms with Crippen molar-refractivity contribution in [3.63, 3.8) is 0 Å². The van der Waals surface area contributed by atoms with Gasteiger partial charge in [-0.25, -0.2) is 8.42 Å². The van der Waals surface area contributed by atoms with Crippen molar-refractivity contribution in [3.8, 4) is 0 Å². The first-order valence-electron chi connectivity index (χ1n) is 7.55. The Morgan fingerprint density at radius 1 is 1.30 bits per heavy atom. The van der Waals surface area contributed by atoms with E-state index >= 15 is 0 Å². The van der Waals surface area contributed by atoms with Crippen LogP contribution in [0.15, 0.2) is 29.2 Å². The van der Waals surface area contributed by atoms with Gasteiger partial charge in [0, 0.05) is 0 Å². The highest BCUT2D eigenvalue weighted by Gasteiger charge is 2.24. The third-order valence-corrected chi connectivity index (χ3v) is 6.20. The molecule has 112 valence electrons. The zero-order valence-electron chi connectivity index (χ0n) is 12.2. The van der Waals surface area contributed by atoms with Gasteiger partial charge in [0.25, 0.3) is 0 Å². The molecule has 1 fully saturated rings. The lowest BCUT2D eigenvalue weighted by molar-refractivity contribution is 0.558. The minimum Gasteiger partial charge on any atom is -0.330 e. The standard InChI is InChI=1S/C16H25NO2S/c1-13(9-10-17)15-7-4-8-16(11-15)20(18,19)12-14-5-2-3-6-14/h4,7-8,11,13-14H,2-3,5-6,9-10,12,17H2,1H3. The molecular formula is C16H25NO2S. The van der Waals surface area contributed by atoms with Gasteiger partial charge in [0.1, 0.15) is 0 Å². The van der Waals surface area contributed by atoms with Crippen LogP contribution < -0.4 is 5.73 Å². The fraction of sp³-hybridized carbons (Fsp3) is 0.625. The monoisotopic (exact) mass is 295 g/mol. The Balaban J connectivity index is 2.16.